The number of anilines is 1. The summed E-state index contributed by atoms with van der Waals surface area (Å²) in [6.07, 6.45) is 3.42. The Hall–Kier alpha value is -3.90. The molecule has 0 aliphatic carbocycles. The van der Waals surface area contributed by atoms with Gasteiger partial charge in [-0.1, -0.05) is 54.1 Å². The van der Waals surface area contributed by atoms with Gasteiger partial charge < -0.3 is 5.11 Å². The molecule has 0 saturated heterocycles. The van der Waals surface area contributed by atoms with E-state index in [-0.39, 0.29) is 17.1 Å². The van der Waals surface area contributed by atoms with E-state index in [2.05, 4.69) is 0 Å². The van der Waals surface area contributed by atoms with Crippen molar-refractivity contribution in [3.8, 4) is 5.75 Å². The number of hydrogen-bond donors (Lipinski definition) is 1. The molecule has 3 aromatic carbocycles. The zero-order chi connectivity index (χ0) is 21.3. The van der Waals surface area contributed by atoms with Crippen LogP contribution in [0.2, 0.25) is 5.02 Å². The maximum Gasteiger partial charge on any atom is 0.271 e. The Kier molecular flexibility index (Phi) is 5.08. The number of nitro benzene ring substituents is 1. The highest BCUT2D eigenvalue weighted by Gasteiger charge is 2.33. The molecule has 1 amide bonds. The normalized spacial score (nSPS) is 14.8. The molecule has 0 atom stereocenters. The van der Waals surface area contributed by atoms with Crippen molar-refractivity contribution in [1.82, 2.24) is 0 Å². The molecule has 0 unspecified atom stereocenters. The monoisotopic (exact) mass is 418 g/mol. The van der Waals surface area contributed by atoms with Crippen molar-refractivity contribution >= 4 is 40.7 Å². The molecule has 0 bridgehead atoms. The van der Waals surface area contributed by atoms with Crippen molar-refractivity contribution in [3.63, 3.8) is 0 Å². The van der Waals surface area contributed by atoms with E-state index in [9.17, 15) is 20.0 Å². The number of nitrogens with zero attached hydrogens (tertiary/aromatic N) is 2. The Morgan fingerprint density at radius 2 is 1.70 bits per heavy atom. The quantitative estimate of drug-likeness (QED) is 0.348. The third-order valence-corrected chi connectivity index (χ3v) is 4.91. The van der Waals surface area contributed by atoms with Gasteiger partial charge in [0, 0.05) is 22.7 Å². The molecule has 7 heteroatoms. The maximum absolute atomic E-state index is 13.3. The van der Waals surface area contributed by atoms with E-state index < -0.39 is 10.8 Å². The van der Waals surface area contributed by atoms with Crippen LogP contribution >= 0.6 is 11.6 Å². The van der Waals surface area contributed by atoms with Gasteiger partial charge >= 0.3 is 0 Å². The van der Waals surface area contributed by atoms with Crippen LogP contribution in [0.25, 0.3) is 11.8 Å². The highest BCUT2D eigenvalue weighted by atomic mass is 35.5. The van der Waals surface area contributed by atoms with Crippen molar-refractivity contribution in [3.05, 3.63) is 111 Å². The van der Waals surface area contributed by atoms with E-state index in [1.165, 1.54) is 23.1 Å². The van der Waals surface area contributed by atoms with Gasteiger partial charge in [0.2, 0.25) is 0 Å². The fourth-order valence-electron chi connectivity index (χ4n) is 3.22. The SMILES string of the molecule is O=C1/C(=C/c2ccccc2)C=C(c2ccc(Cl)cc2)N1c1cc([N+](=O)[O-])ccc1O. The largest absolute Gasteiger partial charge is 0.506 e. The van der Waals surface area contributed by atoms with Gasteiger partial charge in [0.25, 0.3) is 11.6 Å². The van der Waals surface area contributed by atoms with Crippen LogP contribution < -0.4 is 4.90 Å². The Bertz CT molecular complexity index is 1200. The van der Waals surface area contributed by atoms with Crippen molar-refractivity contribution < 1.29 is 14.8 Å². The summed E-state index contributed by atoms with van der Waals surface area (Å²) in [7, 11) is 0. The predicted molar refractivity (Wildman–Crippen MR) is 116 cm³/mol. The van der Waals surface area contributed by atoms with E-state index in [0.29, 0.717) is 21.9 Å². The molecule has 1 aliphatic heterocycles. The zero-order valence-electron chi connectivity index (χ0n) is 15.5. The van der Waals surface area contributed by atoms with Crippen LogP contribution in [0.1, 0.15) is 11.1 Å². The van der Waals surface area contributed by atoms with Crippen molar-refractivity contribution in [2.75, 3.05) is 4.90 Å². The van der Waals surface area contributed by atoms with Crippen LogP contribution in [0.3, 0.4) is 0 Å². The molecule has 0 spiro atoms. The van der Waals surface area contributed by atoms with Crippen molar-refractivity contribution in [2.24, 2.45) is 0 Å². The van der Waals surface area contributed by atoms with Gasteiger partial charge in [0.05, 0.1) is 16.3 Å². The summed E-state index contributed by atoms with van der Waals surface area (Å²) in [4.78, 5) is 25.2. The minimum absolute atomic E-state index is 0.0341. The first-order valence-corrected chi connectivity index (χ1v) is 9.38. The number of hydrogen-bond acceptors (Lipinski definition) is 4. The fourth-order valence-corrected chi connectivity index (χ4v) is 3.35. The summed E-state index contributed by atoms with van der Waals surface area (Å²) in [5, 5.41) is 22.2. The third kappa shape index (κ3) is 3.68. The van der Waals surface area contributed by atoms with Crippen LogP contribution in [0.4, 0.5) is 11.4 Å². The summed E-state index contributed by atoms with van der Waals surface area (Å²) >= 11 is 5.99. The van der Waals surface area contributed by atoms with Gasteiger partial charge in [0.1, 0.15) is 5.75 Å². The number of halogens is 1. The Balaban J connectivity index is 1.88. The number of carbonyl (C=O) groups is 1. The number of phenols is 1. The molecule has 0 aromatic heterocycles. The highest BCUT2D eigenvalue weighted by Crippen LogP contribution is 2.41. The van der Waals surface area contributed by atoms with Crippen LogP contribution in [0.5, 0.6) is 5.75 Å². The first kappa shape index (κ1) is 19.4. The fraction of sp³-hybridized carbons (Fsp3) is 0. The second kappa shape index (κ2) is 7.85. The van der Waals surface area contributed by atoms with Crippen LogP contribution in [-0.2, 0) is 4.79 Å². The lowest BCUT2D eigenvalue weighted by Gasteiger charge is -2.21. The van der Waals surface area contributed by atoms with E-state index in [1.54, 1.807) is 36.4 Å². The van der Waals surface area contributed by atoms with Gasteiger partial charge in [-0.3, -0.25) is 19.8 Å². The Labute approximate surface area is 177 Å². The number of nitro groups is 1. The summed E-state index contributed by atoms with van der Waals surface area (Å²) in [6.45, 7) is 0. The number of aromatic hydroxyl groups is 1. The van der Waals surface area contributed by atoms with E-state index in [1.807, 2.05) is 30.3 Å². The standard InChI is InChI=1S/C23H15ClN2O4/c24-18-8-6-16(7-9-18)20-13-17(12-15-4-2-1-3-5-15)23(28)25(20)21-14-19(26(29)30)10-11-22(21)27/h1-14,27H/b17-12+. The van der Waals surface area contributed by atoms with Gasteiger partial charge in [-0.25, -0.2) is 0 Å². The number of phenolic OH excluding ortho intramolecular Hbond substituents is 1. The lowest BCUT2D eigenvalue weighted by molar-refractivity contribution is -0.384. The number of benzene rings is 3. The number of carbonyl (C=O) groups excluding carboxylic acids is 1. The molecular weight excluding hydrogens is 404 g/mol. The molecule has 1 heterocycles. The molecule has 148 valence electrons. The topological polar surface area (TPSA) is 83.7 Å². The van der Waals surface area contributed by atoms with Crippen LogP contribution in [0, 0.1) is 10.1 Å². The Morgan fingerprint density at radius 3 is 2.37 bits per heavy atom. The molecule has 4 rings (SSSR count). The van der Waals surface area contributed by atoms with Crippen LogP contribution in [0.15, 0.2) is 84.4 Å². The second-order valence-electron chi connectivity index (χ2n) is 6.62. The van der Waals surface area contributed by atoms with Crippen molar-refractivity contribution in [1.29, 1.82) is 0 Å². The average molecular weight is 419 g/mol. The van der Waals surface area contributed by atoms with Crippen molar-refractivity contribution in [2.45, 2.75) is 0 Å². The summed E-state index contributed by atoms with van der Waals surface area (Å²) in [5.41, 5.74) is 2.18. The molecule has 0 radical (unpaired) electrons. The smallest absolute Gasteiger partial charge is 0.271 e. The lowest BCUT2D eigenvalue weighted by Crippen LogP contribution is -2.25. The molecule has 0 fully saturated rings. The molecule has 30 heavy (non-hydrogen) atoms. The minimum Gasteiger partial charge on any atom is -0.506 e. The number of non-ortho nitro benzene ring substituents is 1. The molecule has 1 N–H and O–H groups in total. The molecule has 0 saturated carbocycles. The van der Waals surface area contributed by atoms with E-state index in [4.69, 9.17) is 11.6 Å². The third-order valence-electron chi connectivity index (χ3n) is 4.66. The molecular formula is C23H15ClN2O4. The number of rotatable bonds is 4. The van der Waals surface area contributed by atoms with E-state index >= 15 is 0 Å². The summed E-state index contributed by atoms with van der Waals surface area (Å²) in [5.74, 6) is -0.644. The average Bonchev–Trinajstić information content (AvgIpc) is 3.05. The number of amides is 1. The van der Waals surface area contributed by atoms with Gasteiger partial charge in [-0.05, 0) is 41.5 Å². The highest BCUT2D eigenvalue weighted by molar-refractivity contribution is 6.30. The first-order chi connectivity index (χ1) is 14.4. The van der Waals surface area contributed by atoms with E-state index in [0.717, 1.165) is 5.56 Å². The molecule has 3 aromatic rings. The Morgan fingerprint density at radius 1 is 1.00 bits per heavy atom. The molecule has 1 aliphatic rings. The minimum atomic E-state index is -0.574. The van der Waals surface area contributed by atoms with Gasteiger partial charge in [-0.15, -0.1) is 0 Å². The lowest BCUT2D eigenvalue weighted by atomic mass is 10.1. The maximum atomic E-state index is 13.3. The second-order valence-corrected chi connectivity index (χ2v) is 7.05. The van der Waals surface area contributed by atoms with Crippen LogP contribution in [-0.4, -0.2) is 15.9 Å². The van der Waals surface area contributed by atoms with Gasteiger partial charge in [-0.2, -0.15) is 0 Å². The summed E-state index contributed by atoms with van der Waals surface area (Å²) in [6, 6.07) is 19.8. The first-order valence-electron chi connectivity index (χ1n) is 9.00. The van der Waals surface area contributed by atoms with Gasteiger partial charge in [0.15, 0.2) is 0 Å². The molecule has 6 nitrogen and oxygen atoms in total. The zero-order valence-corrected chi connectivity index (χ0v) is 16.3. The predicted octanol–water partition coefficient (Wildman–Crippen LogP) is 5.43. The summed E-state index contributed by atoms with van der Waals surface area (Å²) < 4.78 is 0.